The summed E-state index contributed by atoms with van der Waals surface area (Å²) in [5.74, 6) is 0.500. The summed E-state index contributed by atoms with van der Waals surface area (Å²) >= 11 is 0. The van der Waals surface area contributed by atoms with E-state index in [2.05, 4.69) is 6.92 Å². The first-order valence-corrected chi connectivity index (χ1v) is 10.9. The molecule has 28 heavy (non-hydrogen) atoms. The molecule has 2 aromatic rings. The first kappa shape index (κ1) is 28.5. The minimum atomic E-state index is -4.64. The molecule has 12 heteroatoms. The summed E-state index contributed by atoms with van der Waals surface area (Å²) in [5, 5.41) is 18.5. The van der Waals surface area contributed by atoms with Crippen LogP contribution in [0.3, 0.4) is 0 Å². The van der Waals surface area contributed by atoms with E-state index in [-0.39, 0.29) is 11.5 Å². The molecule has 8 N–H and O–H groups in total. The third kappa shape index (κ3) is 29.0. The predicted molar refractivity (Wildman–Crippen MR) is 103 cm³/mol. The van der Waals surface area contributed by atoms with E-state index in [1.807, 2.05) is 36.4 Å². The lowest BCUT2D eigenvalue weighted by molar-refractivity contribution is 0.272. The summed E-state index contributed by atoms with van der Waals surface area (Å²) < 4.78 is 17.8. The normalized spacial score (nSPS) is 10.2. The Bertz CT molecular complexity index is 664. The van der Waals surface area contributed by atoms with Crippen molar-refractivity contribution < 1.29 is 48.7 Å². The smallest absolute Gasteiger partial charge is 0.466 e. The summed E-state index contributed by atoms with van der Waals surface area (Å²) in [5.41, 5.74) is 0.830. The van der Waals surface area contributed by atoms with Gasteiger partial charge in [0, 0.05) is 0 Å². The van der Waals surface area contributed by atoms with Gasteiger partial charge in [0.15, 0.2) is 0 Å². The zero-order valence-corrected chi connectivity index (χ0v) is 16.9. The highest BCUT2D eigenvalue weighted by Gasteiger charge is 2.01. The number of aromatic hydroxyl groups is 2. The highest BCUT2D eigenvalue weighted by Crippen LogP contribution is 2.26. The molecule has 160 valence electrons. The molecule has 0 fully saturated rings. The van der Waals surface area contributed by atoms with E-state index in [0.717, 1.165) is 24.8 Å². The van der Waals surface area contributed by atoms with Gasteiger partial charge in [0.2, 0.25) is 0 Å². The number of aryl methyl sites for hydroxylation is 1. The number of rotatable bonds is 3. The number of phenolic OH excluding ortho intramolecular Hbond substituents is 2. The van der Waals surface area contributed by atoms with Crippen molar-refractivity contribution in [2.24, 2.45) is 0 Å². The molecule has 0 heterocycles. The molecule has 0 aliphatic rings. The fraction of sp³-hybridized carbons (Fsp3) is 0.250. The summed E-state index contributed by atoms with van der Waals surface area (Å²) in [6.45, 7) is 2.10. The average molecular weight is 440 g/mol. The molecule has 0 amide bonds. The molecular weight excluding hydrogens is 414 g/mol. The lowest BCUT2D eigenvalue weighted by atomic mass is 10.1. The summed E-state index contributed by atoms with van der Waals surface area (Å²) in [6, 6.07) is 16.6. The minimum Gasteiger partial charge on any atom is -0.508 e. The van der Waals surface area contributed by atoms with Gasteiger partial charge in [0.25, 0.3) is 0 Å². The molecule has 2 rings (SSSR count). The van der Waals surface area contributed by atoms with E-state index in [1.165, 1.54) is 12.1 Å². The van der Waals surface area contributed by atoms with Crippen LogP contribution in [0.25, 0.3) is 0 Å². The number of hydrogen-bond donors (Lipinski definition) is 8. The Morgan fingerprint density at radius 3 is 1.43 bits per heavy atom. The molecule has 0 radical (unpaired) electrons. The van der Waals surface area contributed by atoms with Gasteiger partial charge in [-0.25, -0.2) is 9.13 Å². The molecule has 10 nitrogen and oxygen atoms in total. The summed E-state index contributed by atoms with van der Waals surface area (Å²) in [6.07, 6.45) is 2.96. The topological polar surface area (TPSA) is 196 Å². The number of unbranched alkanes of at least 4 members (excludes halogenated alkanes) is 1. The van der Waals surface area contributed by atoms with Crippen LogP contribution in [0.15, 0.2) is 54.6 Å². The third-order valence-corrected chi connectivity index (χ3v) is 2.53. The van der Waals surface area contributed by atoms with Gasteiger partial charge < -0.3 is 39.6 Å². The van der Waals surface area contributed by atoms with E-state index in [9.17, 15) is 5.11 Å². The number of hydrogen-bond acceptors (Lipinski definition) is 4. The Labute approximate surface area is 162 Å². The lowest BCUT2D eigenvalue weighted by Crippen LogP contribution is -1.84. The fourth-order valence-electron chi connectivity index (χ4n) is 1.52. The Morgan fingerprint density at radius 2 is 1.11 bits per heavy atom. The van der Waals surface area contributed by atoms with Crippen molar-refractivity contribution in [1.82, 2.24) is 0 Å². The van der Waals surface area contributed by atoms with Gasteiger partial charge in [0.05, 0.1) is 0 Å². The van der Waals surface area contributed by atoms with Gasteiger partial charge >= 0.3 is 15.6 Å². The van der Waals surface area contributed by atoms with Crippen LogP contribution >= 0.6 is 15.6 Å². The first-order chi connectivity index (χ1) is 12.7. The lowest BCUT2D eigenvalue weighted by Gasteiger charge is -2.03. The first-order valence-electron chi connectivity index (χ1n) is 7.81. The largest absolute Gasteiger partial charge is 0.508 e. The predicted octanol–water partition coefficient (Wildman–Crippen LogP) is 2.27. The second-order valence-corrected chi connectivity index (χ2v) is 7.15. The van der Waals surface area contributed by atoms with Crippen LogP contribution in [0, 0.1) is 0 Å². The monoisotopic (exact) mass is 440 g/mol. The van der Waals surface area contributed by atoms with Crippen LogP contribution in [-0.2, 0) is 15.6 Å². The van der Waals surface area contributed by atoms with Gasteiger partial charge in [-0.1, -0.05) is 49.7 Å². The van der Waals surface area contributed by atoms with Crippen LogP contribution in [0.2, 0.25) is 0 Å². The molecular formula is C16H26O10P2. The molecule has 0 unspecified atom stereocenters. The second-order valence-electron chi connectivity index (χ2n) is 5.10. The fourth-order valence-corrected chi connectivity index (χ4v) is 1.52. The van der Waals surface area contributed by atoms with Crippen molar-refractivity contribution in [3.63, 3.8) is 0 Å². The van der Waals surface area contributed by atoms with Crippen molar-refractivity contribution >= 4 is 15.6 Å². The highest BCUT2D eigenvalue weighted by atomic mass is 31.2. The van der Waals surface area contributed by atoms with Crippen molar-refractivity contribution in [2.45, 2.75) is 26.2 Å². The van der Waals surface area contributed by atoms with Crippen LogP contribution in [-0.4, -0.2) is 39.6 Å². The average Bonchev–Trinajstić information content (AvgIpc) is 2.55. The quantitative estimate of drug-likeness (QED) is 0.259. The number of benzene rings is 2. The number of phosphoric acid groups is 2. The molecule has 0 spiro atoms. The Kier molecular flexibility index (Phi) is 15.5. The second kappa shape index (κ2) is 15.2. The van der Waals surface area contributed by atoms with Crippen LogP contribution in [0.4, 0.5) is 0 Å². The van der Waals surface area contributed by atoms with E-state index >= 15 is 0 Å². The molecule has 0 aromatic heterocycles. The highest BCUT2D eigenvalue weighted by molar-refractivity contribution is 7.45. The third-order valence-electron chi connectivity index (χ3n) is 2.53. The Balaban J connectivity index is 0. The molecule has 0 aliphatic heterocycles. The van der Waals surface area contributed by atoms with Gasteiger partial charge in [-0.2, -0.15) is 0 Å². The van der Waals surface area contributed by atoms with Gasteiger partial charge in [0.1, 0.15) is 11.5 Å². The maximum absolute atomic E-state index is 9.35. The van der Waals surface area contributed by atoms with E-state index in [4.69, 9.17) is 43.6 Å². The molecule has 0 saturated carbocycles. The van der Waals surface area contributed by atoms with E-state index < -0.39 is 15.6 Å². The SMILES string of the molecule is CCCCc1cc(O)ccc1O.O=P(O)(O)O.O=P(O)(O)O.c1ccccc1. The summed E-state index contributed by atoms with van der Waals surface area (Å²) in [7, 11) is -9.28. The standard InChI is InChI=1S/C10H14O2.C6H6.2H3O4P/c1-2-3-4-8-7-9(11)5-6-10(8)12;1-2-4-6-5-3-1;2*1-5(2,3)4/h5-7,11-12H,2-4H2,1H3;1-6H;2*(H3,1,2,3,4). The van der Waals surface area contributed by atoms with Gasteiger partial charge in [-0.05, 0) is 36.6 Å². The van der Waals surface area contributed by atoms with Crippen LogP contribution in [0.1, 0.15) is 25.3 Å². The van der Waals surface area contributed by atoms with Crippen LogP contribution in [0.5, 0.6) is 11.5 Å². The van der Waals surface area contributed by atoms with E-state index in [0.29, 0.717) is 0 Å². The Morgan fingerprint density at radius 1 is 0.750 bits per heavy atom. The van der Waals surface area contributed by atoms with Gasteiger partial charge in [-0.15, -0.1) is 0 Å². The zero-order chi connectivity index (χ0) is 22.2. The van der Waals surface area contributed by atoms with Crippen molar-refractivity contribution in [1.29, 1.82) is 0 Å². The Hall–Kier alpha value is -1.74. The maximum atomic E-state index is 9.35. The van der Waals surface area contributed by atoms with Crippen molar-refractivity contribution in [2.75, 3.05) is 0 Å². The van der Waals surface area contributed by atoms with Crippen LogP contribution < -0.4 is 0 Å². The van der Waals surface area contributed by atoms with E-state index in [1.54, 1.807) is 6.07 Å². The van der Waals surface area contributed by atoms with Crippen molar-refractivity contribution in [3.8, 4) is 11.5 Å². The molecule has 0 saturated heterocycles. The zero-order valence-electron chi connectivity index (χ0n) is 15.1. The summed E-state index contributed by atoms with van der Waals surface area (Å²) in [4.78, 5) is 43.1. The maximum Gasteiger partial charge on any atom is 0.466 e. The molecule has 2 aromatic carbocycles. The molecule has 0 bridgehead atoms. The minimum absolute atomic E-state index is 0.221. The molecule has 0 aliphatic carbocycles. The van der Waals surface area contributed by atoms with Crippen molar-refractivity contribution in [3.05, 3.63) is 60.2 Å². The number of phenols is 2. The van der Waals surface area contributed by atoms with Gasteiger partial charge in [-0.3, -0.25) is 0 Å². The molecule has 0 atom stereocenters.